The van der Waals surface area contributed by atoms with E-state index >= 15 is 0 Å². The second-order valence-corrected chi connectivity index (χ2v) is 6.04. The van der Waals surface area contributed by atoms with E-state index in [4.69, 9.17) is 5.73 Å². The second-order valence-electron chi connectivity index (χ2n) is 6.04. The molecule has 23 heavy (non-hydrogen) atoms. The predicted octanol–water partition coefficient (Wildman–Crippen LogP) is 2.55. The number of carbonyl (C=O) groups excluding carboxylic acids is 1. The van der Waals surface area contributed by atoms with E-state index in [-0.39, 0.29) is 17.7 Å². The Labute approximate surface area is 136 Å². The van der Waals surface area contributed by atoms with Crippen molar-refractivity contribution in [3.8, 4) is 5.75 Å². The molecule has 1 atom stereocenters. The van der Waals surface area contributed by atoms with Crippen molar-refractivity contribution in [3.05, 3.63) is 65.2 Å². The average molecular weight is 310 g/mol. The number of hydrogen-bond donors (Lipinski definition) is 2. The summed E-state index contributed by atoms with van der Waals surface area (Å²) in [6, 6.07) is 15.4. The van der Waals surface area contributed by atoms with Gasteiger partial charge in [0.25, 0.3) is 5.91 Å². The van der Waals surface area contributed by atoms with Gasteiger partial charge < -0.3 is 15.7 Å². The Kier molecular flexibility index (Phi) is 4.63. The number of likely N-dealkylation sites (tertiary alicyclic amines) is 1. The third kappa shape index (κ3) is 3.37. The SMILES string of the molecule is NC[C@H]1CCCN1C(=O)c1cc(Cc2ccccc2)ccc1O. The summed E-state index contributed by atoms with van der Waals surface area (Å²) in [5.74, 6) is -0.0835. The third-order valence-corrected chi connectivity index (χ3v) is 4.45. The van der Waals surface area contributed by atoms with Crippen LogP contribution in [0.15, 0.2) is 48.5 Å². The fourth-order valence-corrected chi connectivity index (χ4v) is 3.20. The largest absolute Gasteiger partial charge is 0.507 e. The molecule has 4 nitrogen and oxygen atoms in total. The van der Waals surface area contributed by atoms with Gasteiger partial charge in [0, 0.05) is 19.1 Å². The molecular formula is C19H22N2O2. The van der Waals surface area contributed by atoms with Crippen LogP contribution in [0.5, 0.6) is 5.75 Å². The first-order chi connectivity index (χ1) is 11.2. The summed E-state index contributed by atoms with van der Waals surface area (Å²) >= 11 is 0. The molecule has 1 saturated heterocycles. The first-order valence-corrected chi connectivity index (χ1v) is 8.06. The summed E-state index contributed by atoms with van der Waals surface area (Å²) in [6.45, 7) is 1.18. The molecule has 1 amide bonds. The number of amides is 1. The van der Waals surface area contributed by atoms with Gasteiger partial charge in [0.15, 0.2) is 0 Å². The predicted molar refractivity (Wildman–Crippen MR) is 90.5 cm³/mol. The highest BCUT2D eigenvalue weighted by molar-refractivity contribution is 5.97. The number of nitrogens with zero attached hydrogens (tertiary/aromatic N) is 1. The van der Waals surface area contributed by atoms with Gasteiger partial charge in [-0.05, 0) is 42.5 Å². The van der Waals surface area contributed by atoms with Crippen molar-refractivity contribution in [1.82, 2.24) is 4.90 Å². The molecule has 2 aromatic rings. The molecule has 1 aliphatic heterocycles. The molecule has 0 unspecified atom stereocenters. The minimum absolute atomic E-state index is 0.0366. The lowest BCUT2D eigenvalue weighted by atomic mass is 10.0. The van der Waals surface area contributed by atoms with E-state index in [9.17, 15) is 9.90 Å². The van der Waals surface area contributed by atoms with E-state index in [1.165, 1.54) is 5.56 Å². The lowest BCUT2D eigenvalue weighted by Gasteiger charge is -2.24. The Morgan fingerprint density at radius 3 is 2.70 bits per heavy atom. The Hall–Kier alpha value is -2.33. The van der Waals surface area contributed by atoms with Crippen LogP contribution in [0.2, 0.25) is 0 Å². The number of aromatic hydroxyl groups is 1. The smallest absolute Gasteiger partial charge is 0.257 e. The Morgan fingerprint density at radius 1 is 1.17 bits per heavy atom. The van der Waals surface area contributed by atoms with Gasteiger partial charge >= 0.3 is 0 Å². The Bertz CT molecular complexity index is 685. The molecule has 2 aromatic carbocycles. The first-order valence-electron chi connectivity index (χ1n) is 8.06. The Morgan fingerprint density at radius 2 is 1.96 bits per heavy atom. The number of carbonyl (C=O) groups is 1. The van der Waals surface area contributed by atoms with Gasteiger partial charge in [0.1, 0.15) is 5.75 Å². The van der Waals surface area contributed by atoms with Crippen LogP contribution >= 0.6 is 0 Å². The first kappa shape index (κ1) is 15.6. The van der Waals surface area contributed by atoms with Crippen molar-refractivity contribution in [1.29, 1.82) is 0 Å². The lowest BCUT2D eigenvalue weighted by molar-refractivity contribution is 0.0738. The molecule has 0 bridgehead atoms. The van der Waals surface area contributed by atoms with E-state index in [0.717, 1.165) is 24.8 Å². The zero-order chi connectivity index (χ0) is 16.2. The van der Waals surface area contributed by atoms with E-state index in [1.807, 2.05) is 24.3 Å². The number of benzene rings is 2. The molecule has 3 N–H and O–H groups in total. The second kappa shape index (κ2) is 6.84. The van der Waals surface area contributed by atoms with Crippen molar-refractivity contribution in [3.63, 3.8) is 0 Å². The van der Waals surface area contributed by atoms with Gasteiger partial charge in [-0.3, -0.25) is 4.79 Å². The monoisotopic (exact) mass is 310 g/mol. The number of phenols is 1. The van der Waals surface area contributed by atoms with Crippen LogP contribution in [0, 0.1) is 0 Å². The van der Waals surface area contributed by atoms with Gasteiger partial charge in [0.2, 0.25) is 0 Å². The van der Waals surface area contributed by atoms with Crippen molar-refractivity contribution in [2.24, 2.45) is 5.73 Å². The maximum absolute atomic E-state index is 12.8. The normalized spacial score (nSPS) is 17.4. The molecule has 120 valence electrons. The van der Waals surface area contributed by atoms with Gasteiger partial charge in [-0.15, -0.1) is 0 Å². The molecule has 1 heterocycles. The summed E-state index contributed by atoms with van der Waals surface area (Å²) in [5.41, 5.74) is 8.32. The maximum atomic E-state index is 12.8. The third-order valence-electron chi connectivity index (χ3n) is 4.45. The van der Waals surface area contributed by atoms with Crippen LogP contribution in [0.3, 0.4) is 0 Å². The summed E-state index contributed by atoms with van der Waals surface area (Å²) < 4.78 is 0. The van der Waals surface area contributed by atoms with E-state index in [1.54, 1.807) is 17.0 Å². The highest BCUT2D eigenvalue weighted by atomic mass is 16.3. The zero-order valence-electron chi connectivity index (χ0n) is 13.1. The Balaban J connectivity index is 1.84. The molecule has 0 radical (unpaired) electrons. The minimum atomic E-state index is -0.120. The molecule has 0 spiro atoms. The summed E-state index contributed by atoms with van der Waals surface area (Å²) in [5, 5.41) is 10.1. The quantitative estimate of drug-likeness (QED) is 0.912. The fourth-order valence-electron chi connectivity index (χ4n) is 3.20. The van der Waals surface area contributed by atoms with E-state index < -0.39 is 0 Å². The van der Waals surface area contributed by atoms with Gasteiger partial charge in [-0.1, -0.05) is 36.4 Å². The van der Waals surface area contributed by atoms with E-state index in [2.05, 4.69) is 12.1 Å². The van der Waals surface area contributed by atoms with Crippen LogP contribution < -0.4 is 5.73 Å². The number of nitrogens with two attached hydrogens (primary N) is 1. The summed E-state index contributed by atoms with van der Waals surface area (Å²) in [6.07, 6.45) is 2.65. The van der Waals surface area contributed by atoms with Crippen molar-refractivity contribution in [2.45, 2.75) is 25.3 Å². The number of hydrogen-bond acceptors (Lipinski definition) is 3. The van der Waals surface area contributed by atoms with Crippen LogP contribution in [0.4, 0.5) is 0 Å². The molecule has 1 fully saturated rings. The van der Waals surface area contributed by atoms with Crippen molar-refractivity contribution < 1.29 is 9.90 Å². The molecule has 4 heteroatoms. The number of phenolic OH excluding ortho intramolecular Hbond substituents is 1. The van der Waals surface area contributed by atoms with E-state index in [0.29, 0.717) is 18.7 Å². The van der Waals surface area contributed by atoms with Gasteiger partial charge in [0.05, 0.1) is 5.56 Å². The minimum Gasteiger partial charge on any atom is -0.507 e. The van der Waals surface area contributed by atoms with Crippen LogP contribution in [-0.4, -0.2) is 35.0 Å². The standard InChI is InChI=1S/C19H22N2O2/c20-13-16-7-4-10-21(16)19(23)17-12-15(8-9-18(17)22)11-14-5-2-1-3-6-14/h1-3,5-6,8-9,12,16,22H,4,7,10-11,13,20H2/t16-/m1/s1. The molecule has 0 aromatic heterocycles. The molecule has 1 aliphatic rings. The van der Waals surface area contributed by atoms with Crippen molar-refractivity contribution in [2.75, 3.05) is 13.1 Å². The summed E-state index contributed by atoms with van der Waals surface area (Å²) in [4.78, 5) is 14.5. The molecule has 3 rings (SSSR count). The lowest BCUT2D eigenvalue weighted by Crippen LogP contribution is -2.39. The molecule has 0 aliphatic carbocycles. The van der Waals surface area contributed by atoms with Crippen LogP contribution in [-0.2, 0) is 6.42 Å². The number of rotatable bonds is 4. The van der Waals surface area contributed by atoms with Gasteiger partial charge in [-0.25, -0.2) is 0 Å². The van der Waals surface area contributed by atoms with Crippen LogP contribution in [0.1, 0.15) is 34.3 Å². The maximum Gasteiger partial charge on any atom is 0.257 e. The zero-order valence-corrected chi connectivity index (χ0v) is 13.1. The van der Waals surface area contributed by atoms with Crippen molar-refractivity contribution >= 4 is 5.91 Å². The highest BCUT2D eigenvalue weighted by Crippen LogP contribution is 2.26. The topological polar surface area (TPSA) is 66.6 Å². The fraction of sp³-hybridized carbons (Fsp3) is 0.316. The molecule has 0 saturated carbocycles. The highest BCUT2D eigenvalue weighted by Gasteiger charge is 2.29. The van der Waals surface area contributed by atoms with Crippen LogP contribution in [0.25, 0.3) is 0 Å². The van der Waals surface area contributed by atoms with Gasteiger partial charge in [-0.2, -0.15) is 0 Å². The molecular weight excluding hydrogens is 288 g/mol. The average Bonchev–Trinajstić information content (AvgIpc) is 3.05. The summed E-state index contributed by atoms with van der Waals surface area (Å²) in [7, 11) is 0.